The summed E-state index contributed by atoms with van der Waals surface area (Å²) in [5.41, 5.74) is 5.87. The van der Waals surface area contributed by atoms with Crippen LogP contribution in [0.15, 0.2) is 91.0 Å². The summed E-state index contributed by atoms with van der Waals surface area (Å²) < 4.78 is 0. The fraction of sp³-hybridized carbons (Fsp3) is 0.143. The van der Waals surface area contributed by atoms with E-state index in [0.717, 1.165) is 16.9 Å². The summed E-state index contributed by atoms with van der Waals surface area (Å²) >= 11 is 0. The van der Waals surface area contributed by atoms with Crippen LogP contribution in [-0.2, 0) is 0 Å². The number of para-hydroxylation sites is 2. The zero-order chi connectivity index (χ0) is 17.5. The first-order valence-electron chi connectivity index (χ1n) is 8.30. The van der Waals surface area contributed by atoms with E-state index < -0.39 is 12.1 Å². The molecule has 0 unspecified atom stereocenters. The topological polar surface area (TPSA) is 55.7 Å². The van der Waals surface area contributed by atoms with Crippen LogP contribution in [0.25, 0.3) is 0 Å². The number of anilines is 2. The molecule has 3 aromatic carbocycles. The molecule has 25 heavy (non-hydrogen) atoms. The van der Waals surface area contributed by atoms with Crippen molar-refractivity contribution >= 4 is 11.4 Å². The van der Waals surface area contributed by atoms with Crippen molar-refractivity contribution in [3.63, 3.8) is 0 Å². The average molecular weight is 334 g/mol. The predicted octanol–water partition coefficient (Wildman–Crippen LogP) is 3.42. The van der Waals surface area contributed by atoms with E-state index in [0.29, 0.717) is 0 Å². The normalized spacial score (nSPS) is 13.2. The summed E-state index contributed by atoms with van der Waals surface area (Å²) in [7, 11) is 0. The van der Waals surface area contributed by atoms with Crippen molar-refractivity contribution in [2.24, 2.45) is 0 Å². The maximum atomic E-state index is 10.7. The van der Waals surface area contributed by atoms with Gasteiger partial charge in [0, 0.05) is 0 Å². The highest BCUT2D eigenvalue weighted by Crippen LogP contribution is 2.25. The van der Waals surface area contributed by atoms with E-state index in [-0.39, 0.29) is 6.61 Å². The maximum absolute atomic E-state index is 10.7. The van der Waals surface area contributed by atoms with E-state index in [1.807, 2.05) is 96.0 Å². The lowest BCUT2D eigenvalue weighted by molar-refractivity contribution is 0.0903. The first-order chi connectivity index (χ1) is 12.3. The van der Waals surface area contributed by atoms with Crippen molar-refractivity contribution in [2.45, 2.75) is 12.1 Å². The van der Waals surface area contributed by atoms with Crippen molar-refractivity contribution in [1.29, 1.82) is 0 Å². The van der Waals surface area contributed by atoms with Gasteiger partial charge in [0.05, 0.1) is 30.1 Å². The van der Waals surface area contributed by atoms with Crippen LogP contribution >= 0.6 is 0 Å². The number of hydrazine groups is 1. The zero-order valence-corrected chi connectivity index (χ0v) is 13.9. The summed E-state index contributed by atoms with van der Waals surface area (Å²) in [6.45, 7) is -0.202. The van der Waals surface area contributed by atoms with Crippen LogP contribution in [0.1, 0.15) is 11.7 Å². The Kier molecular flexibility index (Phi) is 5.80. The van der Waals surface area contributed by atoms with Gasteiger partial charge in [-0.05, 0) is 29.8 Å². The van der Waals surface area contributed by atoms with Gasteiger partial charge >= 0.3 is 0 Å². The van der Waals surface area contributed by atoms with Gasteiger partial charge < -0.3 is 10.2 Å². The van der Waals surface area contributed by atoms with Gasteiger partial charge in [0.25, 0.3) is 0 Å². The third-order valence-corrected chi connectivity index (χ3v) is 4.04. The Bertz CT molecular complexity index is 711. The van der Waals surface area contributed by atoms with Crippen molar-refractivity contribution in [2.75, 3.05) is 11.6 Å². The molecule has 0 aliphatic heterocycles. The summed E-state index contributed by atoms with van der Waals surface area (Å²) in [6, 6.07) is 28.4. The van der Waals surface area contributed by atoms with Gasteiger partial charge in [0.1, 0.15) is 0 Å². The number of aliphatic hydroxyl groups excluding tert-OH is 2. The van der Waals surface area contributed by atoms with Crippen LogP contribution in [0.2, 0.25) is 0 Å². The van der Waals surface area contributed by atoms with Crippen LogP contribution < -0.4 is 10.4 Å². The lowest BCUT2D eigenvalue weighted by atomic mass is 10.0. The molecule has 0 aromatic heterocycles. The van der Waals surface area contributed by atoms with Crippen LogP contribution in [0.3, 0.4) is 0 Å². The SMILES string of the molecule is OC[C@@H](NN(c1ccccc1)c1ccccc1)[C@@H](O)c1ccccc1. The number of nitrogens with zero attached hydrogens (tertiary/aromatic N) is 1. The molecule has 0 bridgehead atoms. The molecule has 0 radical (unpaired) electrons. The van der Waals surface area contributed by atoms with Crippen LogP contribution in [0.5, 0.6) is 0 Å². The third kappa shape index (κ3) is 4.25. The Morgan fingerprint density at radius 2 is 1.16 bits per heavy atom. The molecule has 2 atom stereocenters. The standard InChI is InChI=1S/C21H22N2O2/c24-16-20(21(25)17-10-4-1-5-11-17)22-23(18-12-6-2-7-13-18)19-14-8-3-9-15-19/h1-15,20-22,24-25H,16H2/t20-,21+/m1/s1. The van der Waals surface area contributed by atoms with E-state index in [1.165, 1.54) is 0 Å². The zero-order valence-electron chi connectivity index (χ0n) is 13.9. The van der Waals surface area contributed by atoms with Gasteiger partial charge in [-0.3, -0.25) is 5.01 Å². The molecule has 4 heteroatoms. The van der Waals surface area contributed by atoms with Crippen LogP contribution in [0, 0.1) is 0 Å². The van der Waals surface area contributed by atoms with Crippen LogP contribution in [0.4, 0.5) is 11.4 Å². The average Bonchev–Trinajstić information content (AvgIpc) is 2.70. The molecule has 0 heterocycles. The van der Waals surface area contributed by atoms with E-state index in [1.54, 1.807) is 0 Å². The predicted molar refractivity (Wildman–Crippen MR) is 100 cm³/mol. The highest BCUT2D eigenvalue weighted by atomic mass is 16.3. The van der Waals surface area contributed by atoms with Crippen molar-refractivity contribution in [3.8, 4) is 0 Å². The van der Waals surface area contributed by atoms with Crippen molar-refractivity contribution in [1.82, 2.24) is 5.43 Å². The molecule has 0 spiro atoms. The molecule has 0 aliphatic rings. The smallest absolute Gasteiger partial charge is 0.0983 e. The van der Waals surface area contributed by atoms with Gasteiger partial charge in [-0.2, -0.15) is 0 Å². The van der Waals surface area contributed by atoms with E-state index in [2.05, 4.69) is 5.43 Å². The van der Waals surface area contributed by atoms with Gasteiger partial charge in [-0.1, -0.05) is 66.7 Å². The summed E-state index contributed by atoms with van der Waals surface area (Å²) in [6.07, 6.45) is -0.832. The lowest BCUT2D eigenvalue weighted by Gasteiger charge is -2.32. The minimum atomic E-state index is -0.832. The minimum absolute atomic E-state index is 0.202. The second-order valence-electron chi connectivity index (χ2n) is 5.78. The Morgan fingerprint density at radius 1 is 0.720 bits per heavy atom. The van der Waals surface area contributed by atoms with E-state index in [4.69, 9.17) is 0 Å². The lowest BCUT2D eigenvalue weighted by Crippen LogP contribution is -2.47. The second-order valence-corrected chi connectivity index (χ2v) is 5.78. The first kappa shape index (κ1) is 17.2. The van der Waals surface area contributed by atoms with E-state index >= 15 is 0 Å². The quantitative estimate of drug-likeness (QED) is 0.580. The molecule has 0 saturated carbocycles. The highest BCUT2D eigenvalue weighted by Gasteiger charge is 2.23. The number of hydrogen-bond donors (Lipinski definition) is 3. The van der Waals surface area contributed by atoms with Gasteiger partial charge in [-0.25, -0.2) is 5.43 Å². The molecule has 4 nitrogen and oxygen atoms in total. The maximum Gasteiger partial charge on any atom is 0.0983 e. The number of aliphatic hydroxyl groups is 2. The Hall–Kier alpha value is -2.66. The molecule has 0 saturated heterocycles. The number of hydrogen-bond acceptors (Lipinski definition) is 4. The molecule has 3 N–H and O–H groups in total. The van der Waals surface area contributed by atoms with Crippen molar-refractivity contribution in [3.05, 3.63) is 96.6 Å². The Balaban J connectivity index is 1.88. The largest absolute Gasteiger partial charge is 0.395 e. The molecule has 0 aliphatic carbocycles. The van der Waals surface area contributed by atoms with Crippen molar-refractivity contribution < 1.29 is 10.2 Å². The fourth-order valence-electron chi connectivity index (χ4n) is 2.71. The Morgan fingerprint density at radius 3 is 1.60 bits per heavy atom. The third-order valence-electron chi connectivity index (χ3n) is 4.04. The molecule has 3 rings (SSSR count). The Labute approximate surface area is 148 Å². The van der Waals surface area contributed by atoms with E-state index in [9.17, 15) is 10.2 Å². The first-order valence-corrected chi connectivity index (χ1v) is 8.30. The van der Waals surface area contributed by atoms with Gasteiger partial charge in [0.15, 0.2) is 0 Å². The molecule has 3 aromatic rings. The second kappa shape index (κ2) is 8.44. The molecular weight excluding hydrogens is 312 g/mol. The molecule has 0 fully saturated rings. The molecule has 128 valence electrons. The fourth-order valence-corrected chi connectivity index (χ4v) is 2.71. The molecule has 0 amide bonds. The van der Waals surface area contributed by atoms with Crippen LogP contribution in [-0.4, -0.2) is 22.9 Å². The monoisotopic (exact) mass is 334 g/mol. The van der Waals surface area contributed by atoms with Gasteiger partial charge in [0.2, 0.25) is 0 Å². The van der Waals surface area contributed by atoms with Gasteiger partial charge in [-0.15, -0.1) is 0 Å². The summed E-state index contributed by atoms with van der Waals surface area (Å²) in [4.78, 5) is 0. The summed E-state index contributed by atoms with van der Waals surface area (Å²) in [5, 5.41) is 22.4. The highest BCUT2D eigenvalue weighted by molar-refractivity contribution is 5.61. The minimum Gasteiger partial charge on any atom is -0.395 e. The number of benzene rings is 3. The summed E-state index contributed by atoms with van der Waals surface area (Å²) in [5.74, 6) is 0. The molecular formula is C21H22N2O2. The number of rotatable bonds is 7. The number of nitrogens with one attached hydrogen (secondary N) is 1.